The van der Waals surface area contributed by atoms with Gasteiger partial charge in [-0.3, -0.25) is 9.36 Å². The Balaban J connectivity index is 2.06. The summed E-state index contributed by atoms with van der Waals surface area (Å²) >= 11 is 5.88. The van der Waals surface area contributed by atoms with E-state index >= 15 is 0 Å². The molecule has 0 saturated carbocycles. The molecule has 3 aromatic rings. The van der Waals surface area contributed by atoms with Crippen molar-refractivity contribution in [3.8, 4) is 11.4 Å². The number of ether oxygens (including phenoxy) is 1. The highest BCUT2D eigenvalue weighted by molar-refractivity contribution is 7.91. The summed E-state index contributed by atoms with van der Waals surface area (Å²) in [4.78, 5) is 24.6. The van der Waals surface area contributed by atoms with E-state index in [4.69, 9.17) is 16.3 Å². The molecule has 0 radical (unpaired) electrons. The van der Waals surface area contributed by atoms with Crippen LogP contribution in [0.15, 0.2) is 63.0 Å². The van der Waals surface area contributed by atoms with Crippen molar-refractivity contribution in [2.24, 2.45) is 7.05 Å². The highest BCUT2D eigenvalue weighted by Crippen LogP contribution is 2.30. The van der Waals surface area contributed by atoms with E-state index in [1.165, 1.54) is 24.3 Å². The van der Waals surface area contributed by atoms with Crippen LogP contribution in [0, 0.1) is 5.82 Å². The van der Waals surface area contributed by atoms with Gasteiger partial charge in [0.15, 0.2) is 5.94 Å². The summed E-state index contributed by atoms with van der Waals surface area (Å²) in [5.41, 5.74) is -5.22. The summed E-state index contributed by atoms with van der Waals surface area (Å²) in [7, 11) is -3.18. The first-order valence-electron chi connectivity index (χ1n) is 8.63. The van der Waals surface area contributed by atoms with Crippen molar-refractivity contribution in [2.75, 3.05) is 5.94 Å². The van der Waals surface area contributed by atoms with Crippen LogP contribution in [0.4, 0.5) is 17.6 Å². The van der Waals surface area contributed by atoms with Crippen molar-refractivity contribution in [2.45, 2.75) is 11.1 Å². The van der Waals surface area contributed by atoms with Crippen molar-refractivity contribution in [3.63, 3.8) is 0 Å². The number of rotatable bonds is 5. The minimum absolute atomic E-state index is 0.0636. The van der Waals surface area contributed by atoms with Crippen molar-refractivity contribution in [1.82, 2.24) is 9.13 Å². The third-order valence-corrected chi connectivity index (χ3v) is 6.04. The minimum atomic E-state index is -5.00. The molecule has 2 aromatic carbocycles. The fourth-order valence-corrected chi connectivity index (χ4v) is 3.95. The van der Waals surface area contributed by atoms with Gasteiger partial charge < -0.3 is 4.74 Å². The van der Waals surface area contributed by atoms with E-state index in [2.05, 4.69) is 0 Å². The van der Waals surface area contributed by atoms with Crippen molar-refractivity contribution < 1.29 is 30.7 Å². The van der Waals surface area contributed by atoms with Gasteiger partial charge in [-0.05, 0) is 18.2 Å². The summed E-state index contributed by atoms with van der Waals surface area (Å²) in [5.74, 6) is -2.54. The van der Waals surface area contributed by atoms with Gasteiger partial charge in [-0.25, -0.2) is 22.2 Å². The third-order valence-electron chi connectivity index (χ3n) is 4.32. The molecule has 0 bridgehead atoms. The standard InChI is InChI=1S/C19H13ClF4N2O5S/c1-25-16(19(22,23)24)9-17(27)26(18(25)28)14-8-15(12(20)7-13(14)21)31-10-32(29,30)11-5-3-2-4-6-11/h2-9H,10H2,1H3. The molecule has 0 aliphatic carbocycles. The first-order chi connectivity index (χ1) is 14.8. The zero-order valence-corrected chi connectivity index (χ0v) is 17.6. The molecule has 0 fully saturated rings. The number of nitrogens with zero attached hydrogens (tertiary/aromatic N) is 2. The fraction of sp³-hybridized carbons (Fsp3) is 0.158. The van der Waals surface area contributed by atoms with Crippen LogP contribution < -0.4 is 16.0 Å². The molecular weight excluding hydrogens is 480 g/mol. The number of aromatic nitrogens is 2. The Morgan fingerprint density at radius 2 is 1.69 bits per heavy atom. The lowest BCUT2D eigenvalue weighted by molar-refractivity contribution is -0.144. The third kappa shape index (κ3) is 4.55. The zero-order chi connectivity index (χ0) is 23.8. The lowest BCUT2D eigenvalue weighted by atomic mass is 10.2. The molecule has 32 heavy (non-hydrogen) atoms. The summed E-state index contributed by atoms with van der Waals surface area (Å²) in [5, 5.41) is -0.383. The number of hydrogen-bond donors (Lipinski definition) is 0. The molecule has 0 N–H and O–H groups in total. The summed E-state index contributed by atoms with van der Waals surface area (Å²) in [6.07, 6.45) is -5.00. The minimum Gasteiger partial charge on any atom is -0.476 e. The first kappa shape index (κ1) is 23.5. The largest absolute Gasteiger partial charge is 0.476 e. The number of halogens is 5. The molecule has 1 heterocycles. The molecule has 0 unspecified atom stereocenters. The van der Waals surface area contributed by atoms with Gasteiger partial charge in [-0.15, -0.1) is 0 Å². The molecule has 0 aliphatic rings. The zero-order valence-electron chi connectivity index (χ0n) is 16.1. The van der Waals surface area contributed by atoms with Gasteiger partial charge in [-0.2, -0.15) is 13.2 Å². The van der Waals surface area contributed by atoms with Crippen LogP contribution in [-0.2, 0) is 23.1 Å². The molecule has 13 heteroatoms. The maximum atomic E-state index is 14.5. The first-order valence-corrected chi connectivity index (χ1v) is 10.7. The van der Waals surface area contributed by atoms with Crippen LogP contribution in [0.1, 0.15) is 5.69 Å². The van der Waals surface area contributed by atoms with Crippen LogP contribution in [0.5, 0.6) is 5.75 Å². The van der Waals surface area contributed by atoms with Crippen LogP contribution in [-0.4, -0.2) is 23.5 Å². The maximum Gasteiger partial charge on any atom is 0.431 e. The molecule has 0 atom stereocenters. The smallest absolute Gasteiger partial charge is 0.431 e. The van der Waals surface area contributed by atoms with Crippen LogP contribution >= 0.6 is 11.6 Å². The Morgan fingerprint density at radius 1 is 1.06 bits per heavy atom. The average Bonchev–Trinajstić information content (AvgIpc) is 2.71. The Hall–Kier alpha value is -3.12. The van der Waals surface area contributed by atoms with E-state index in [0.717, 1.165) is 13.1 Å². The average molecular weight is 493 g/mol. The Bertz CT molecular complexity index is 1400. The lowest BCUT2D eigenvalue weighted by Crippen LogP contribution is -2.41. The van der Waals surface area contributed by atoms with Crippen molar-refractivity contribution >= 4 is 21.4 Å². The molecule has 0 aliphatic heterocycles. The Morgan fingerprint density at radius 3 is 2.28 bits per heavy atom. The van der Waals surface area contributed by atoms with Gasteiger partial charge in [0.25, 0.3) is 5.56 Å². The van der Waals surface area contributed by atoms with Gasteiger partial charge in [-0.1, -0.05) is 29.8 Å². The van der Waals surface area contributed by atoms with Crippen molar-refractivity contribution in [3.05, 3.63) is 85.9 Å². The van der Waals surface area contributed by atoms with Crippen molar-refractivity contribution in [1.29, 1.82) is 0 Å². The molecule has 170 valence electrons. The highest BCUT2D eigenvalue weighted by Gasteiger charge is 2.35. The second-order valence-electron chi connectivity index (χ2n) is 6.47. The van der Waals surface area contributed by atoms with Crippen LogP contribution in [0.25, 0.3) is 5.69 Å². The van der Waals surface area contributed by atoms with Gasteiger partial charge in [0, 0.05) is 19.2 Å². The van der Waals surface area contributed by atoms with E-state index in [9.17, 15) is 35.6 Å². The fourth-order valence-electron chi connectivity index (χ4n) is 2.76. The van der Waals surface area contributed by atoms with Crippen LogP contribution in [0.2, 0.25) is 5.02 Å². The predicted molar refractivity (Wildman–Crippen MR) is 106 cm³/mol. The molecule has 0 spiro atoms. The number of alkyl halides is 3. The predicted octanol–water partition coefficient (Wildman–Crippen LogP) is 3.16. The van der Waals surface area contributed by atoms with E-state index in [1.807, 2.05) is 0 Å². The van der Waals surface area contributed by atoms with E-state index in [-0.39, 0.29) is 25.1 Å². The van der Waals surface area contributed by atoms with Gasteiger partial charge >= 0.3 is 11.9 Å². The molecule has 1 aromatic heterocycles. The summed E-state index contributed by atoms with van der Waals surface area (Å²) in [6.45, 7) is 0. The van der Waals surface area contributed by atoms with E-state index in [1.54, 1.807) is 6.07 Å². The number of sulfone groups is 1. The molecule has 0 amide bonds. The maximum absolute atomic E-state index is 14.5. The van der Waals surface area contributed by atoms with Gasteiger partial charge in [0.2, 0.25) is 9.84 Å². The number of benzene rings is 2. The van der Waals surface area contributed by atoms with Crippen LogP contribution in [0.3, 0.4) is 0 Å². The lowest BCUT2D eigenvalue weighted by Gasteiger charge is -2.15. The number of hydrogen-bond acceptors (Lipinski definition) is 5. The van der Waals surface area contributed by atoms with Gasteiger partial charge in [0.05, 0.1) is 15.6 Å². The monoisotopic (exact) mass is 492 g/mol. The molecule has 3 rings (SSSR count). The molecular formula is C19H13ClF4N2O5S. The SMILES string of the molecule is Cn1c(C(F)(F)F)cc(=O)n(-c2cc(OCS(=O)(=O)c3ccccc3)c(Cl)cc2F)c1=O. The topological polar surface area (TPSA) is 87.4 Å². The Labute approximate surface area is 183 Å². The van der Waals surface area contributed by atoms with E-state index in [0.29, 0.717) is 6.07 Å². The second kappa shape index (κ2) is 8.43. The Kier molecular flexibility index (Phi) is 6.20. The highest BCUT2D eigenvalue weighted by atomic mass is 35.5. The van der Waals surface area contributed by atoms with Gasteiger partial charge in [0.1, 0.15) is 17.3 Å². The summed E-state index contributed by atoms with van der Waals surface area (Å²) in [6, 6.07) is 8.76. The molecule has 0 saturated heterocycles. The normalized spacial score (nSPS) is 12.1. The quantitative estimate of drug-likeness (QED) is 0.511. The van der Waals surface area contributed by atoms with E-state index < -0.39 is 56.1 Å². The second-order valence-corrected chi connectivity index (χ2v) is 8.81. The summed E-state index contributed by atoms with van der Waals surface area (Å²) < 4.78 is 83.7. The molecule has 7 nitrogen and oxygen atoms in total.